The molecular formula is C11H16O3S. The van der Waals surface area contributed by atoms with E-state index in [-0.39, 0.29) is 0 Å². The molecule has 0 aliphatic rings. The lowest BCUT2D eigenvalue weighted by atomic mass is 9.98. The molecule has 1 rings (SSSR count). The number of hydrogen-bond donors (Lipinski definition) is 0. The van der Waals surface area contributed by atoms with E-state index in [0.29, 0.717) is 0 Å². The molecule has 0 spiro atoms. The maximum atomic E-state index is 11.1. The average Bonchev–Trinajstić information content (AvgIpc) is 2.00. The molecule has 3 nitrogen and oxygen atoms in total. The van der Waals surface area contributed by atoms with E-state index in [2.05, 4.69) is 0 Å². The van der Waals surface area contributed by atoms with Crippen molar-refractivity contribution < 1.29 is 12.6 Å². The fourth-order valence-electron chi connectivity index (χ4n) is 1.38. The van der Waals surface area contributed by atoms with E-state index in [1.165, 1.54) is 0 Å². The molecule has 1 aromatic rings. The highest BCUT2D eigenvalue weighted by Gasteiger charge is 2.25. The first-order valence-corrected chi connectivity index (χ1v) is 6.50. The summed E-state index contributed by atoms with van der Waals surface area (Å²) in [5.74, 6) is 0. The van der Waals surface area contributed by atoms with E-state index >= 15 is 0 Å². The Kier molecular flexibility index (Phi) is 3.21. The molecule has 0 aliphatic heterocycles. The molecule has 4 heteroatoms. The molecule has 0 aliphatic carbocycles. The van der Waals surface area contributed by atoms with Crippen LogP contribution in [-0.2, 0) is 19.9 Å². The second-order valence-corrected chi connectivity index (χ2v) is 5.74. The Bertz CT molecular complexity index is 429. The van der Waals surface area contributed by atoms with Gasteiger partial charge in [-0.15, -0.1) is 0 Å². The quantitative estimate of drug-likeness (QED) is 0.745. The van der Waals surface area contributed by atoms with Gasteiger partial charge in [-0.05, 0) is 26.3 Å². The van der Waals surface area contributed by atoms with Gasteiger partial charge >= 0.3 is 0 Å². The molecule has 84 valence electrons. The molecule has 0 amide bonds. The van der Waals surface area contributed by atoms with Gasteiger partial charge in [0.1, 0.15) is 5.60 Å². The number of rotatable bonds is 3. The minimum atomic E-state index is -3.44. The Morgan fingerprint density at radius 1 is 1.13 bits per heavy atom. The van der Waals surface area contributed by atoms with Gasteiger partial charge in [-0.2, -0.15) is 8.42 Å². The predicted molar refractivity (Wildman–Crippen MR) is 60.1 cm³/mol. The SMILES string of the molecule is Cc1ccc(C(C)(C)OS(C)(=O)=O)cc1. The Morgan fingerprint density at radius 3 is 2.00 bits per heavy atom. The van der Waals surface area contributed by atoms with Crippen LogP contribution in [0.4, 0.5) is 0 Å². The molecule has 15 heavy (non-hydrogen) atoms. The van der Waals surface area contributed by atoms with Gasteiger partial charge in [0.2, 0.25) is 0 Å². The highest BCUT2D eigenvalue weighted by molar-refractivity contribution is 7.86. The summed E-state index contributed by atoms with van der Waals surface area (Å²) >= 11 is 0. The van der Waals surface area contributed by atoms with E-state index in [9.17, 15) is 8.42 Å². The molecule has 0 fully saturated rings. The predicted octanol–water partition coefficient (Wildman–Crippen LogP) is 2.21. The summed E-state index contributed by atoms with van der Waals surface area (Å²) < 4.78 is 27.2. The molecule has 0 radical (unpaired) electrons. The van der Waals surface area contributed by atoms with Crippen LogP contribution < -0.4 is 0 Å². The zero-order valence-corrected chi connectivity index (χ0v) is 10.3. The average molecular weight is 228 g/mol. The van der Waals surface area contributed by atoms with Crippen molar-refractivity contribution in [2.24, 2.45) is 0 Å². The fourth-order valence-corrected chi connectivity index (χ4v) is 2.23. The van der Waals surface area contributed by atoms with Crippen molar-refractivity contribution in [1.82, 2.24) is 0 Å². The van der Waals surface area contributed by atoms with Crippen LogP contribution in [0.5, 0.6) is 0 Å². The minimum absolute atomic E-state index is 0.818. The molecule has 0 N–H and O–H groups in total. The van der Waals surface area contributed by atoms with Crippen molar-refractivity contribution in [3.8, 4) is 0 Å². The lowest BCUT2D eigenvalue weighted by Crippen LogP contribution is -2.24. The zero-order valence-electron chi connectivity index (χ0n) is 9.44. The normalized spacial score (nSPS) is 12.8. The first-order chi connectivity index (χ1) is 6.71. The highest BCUT2D eigenvalue weighted by atomic mass is 32.2. The van der Waals surface area contributed by atoms with Crippen LogP contribution in [0.25, 0.3) is 0 Å². The molecule has 1 aromatic carbocycles. The second kappa shape index (κ2) is 3.94. The summed E-state index contributed by atoms with van der Waals surface area (Å²) in [4.78, 5) is 0. The molecule has 0 saturated carbocycles. The lowest BCUT2D eigenvalue weighted by molar-refractivity contribution is 0.119. The molecule has 0 aromatic heterocycles. The van der Waals surface area contributed by atoms with Gasteiger partial charge in [-0.25, -0.2) is 0 Å². The third kappa shape index (κ3) is 3.64. The van der Waals surface area contributed by atoms with Crippen LogP contribution in [0.2, 0.25) is 0 Å². The summed E-state index contributed by atoms with van der Waals surface area (Å²) in [5, 5.41) is 0. The van der Waals surface area contributed by atoms with Gasteiger partial charge in [-0.3, -0.25) is 4.18 Å². The number of hydrogen-bond acceptors (Lipinski definition) is 3. The molecule has 0 heterocycles. The molecule has 0 unspecified atom stereocenters. The summed E-state index contributed by atoms with van der Waals surface area (Å²) in [6.07, 6.45) is 1.06. The number of benzene rings is 1. The van der Waals surface area contributed by atoms with E-state index in [1.54, 1.807) is 13.8 Å². The molecule has 0 bridgehead atoms. The Balaban J connectivity index is 3.00. The van der Waals surface area contributed by atoms with Gasteiger partial charge in [0.25, 0.3) is 10.1 Å². The summed E-state index contributed by atoms with van der Waals surface area (Å²) in [7, 11) is -3.44. The van der Waals surface area contributed by atoms with Crippen molar-refractivity contribution in [2.75, 3.05) is 6.26 Å². The first-order valence-electron chi connectivity index (χ1n) is 4.68. The van der Waals surface area contributed by atoms with Crippen LogP contribution >= 0.6 is 0 Å². The standard InChI is InChI=1S/C11H16O3S/c1-9-5-7-10(8-6-9)11(2,3)14-15(4,12)13/h5-8H,1-4H3. The smallest absolute Gasteiger partial charge is 0.259 e. The van der Waals surface area contributed by atoms with Crippen LogP contribution in [0.1, 0.15) is 25.0 Å². The number of aryl methyl sites for hydroxylation is 1. The molecule has 0 atom stereocenters. The van der Waals surface area contributed by atoms with Crippen molar-refractivity contribution in [3.05, 3.63) is 35.4 Å². The third-order valence-electron chi connectivity index (χ3n) is 2.11. The van der Waals surface area contributed by atoms with Crippen molar-refractivity contribution in [2.45, 2.75) is 26.4 Å². The largest absolute Gasteiger partial charge is 0.265 e. The monoisotopic (exact) mass is 228 g/mol. The Hall–Kier alpha value is -0.870. The molecule has 0 saturated heterocycles. The van der Waals surface area contributed by atoms with Crippen LogP contribution in [0.15, 0.2) is 24.3 Å². The van der Waals surface area contributed by atoms with Gasteiger partial charge < -0.3 is 0 Å². The molecular weight excluding hydrogens is 212 g/mol. The van der Waals surface area contributed by atoms with Crippen LogP contribution in [-0.4, -0.2) is 14.7 Å². The summed E-state index contributed by atoms with van der Waals surface area (Å²) in [6, 6.07) is 7.62. The van der Waals surface area contributed by atoms with E-state index in [1.807, 2.05) is 31.2 Å². The zero-order chi connectivity index (χ0) is 11.7. The van der Waals surface area contributed by atoms with Crippen molar-refractivity contribution in [1.29, 1.82) is 0 Å². The highest BCUT2D eigenvalue weighted by Crippen LogP contribution is 2.26. The summed E-state index contributed by atoms with van der Waals surface area (Å²) in [5.41, 5.74) is 1.16. The van der Waals surface area contributed by atoms with Crippen LogP contribution in [0.3, 0.4) is 0 Å². The Labute approximate surface area is 91.2 Å². The summed E-state index contributed by atoms with van der Waals surface area (Å²) in [6.45, 7) is 5.45. The maximum absolute atomic E-state index is 11.1. The maximum Gasteiger partial charge on any atom is 0.265 e. The van der Waals surface area contributed by atoms with Crippen molar-refractivity contribution >= 4 is 10.1 Å². The van der Waals surface area contributed by atoms with Crippen molar-refractivity contribution in [3.63, 3.8) is 0 Å². The van der Waals surface area contributed by atoms with Gasteiger partial charge in [0, 0.05) is 0 Å². The van der Waals surface area contributed by atoms with Gasteiger partial charge in [-0.1, -0.05) is 29.8 Å². The Morgan fingerprint density at radius 2 is 1.60 bits per heavy atom. The van der Waals surface area contributed by atoms with E-state index in [4.69, 9.17) is 4.18 Å². The van der Waals surface area contributed by atoms with E-state index < -0.39 is 15.7 Å². The first kappa shape index (κ1) is 12.2. The van der Waals surface area contributed by atoms with Gasteiger partial charge in [0.05, 0.1) is 6.26 Å². The fraction of sp³-hybridized carbons (Fsp3) is 0.455. The third-order valence-corrected chi connectivity index (χ3v) is 2.83. The lowest BCUT2D eigenvalue weighted by Gasteiger charge is -2.24. The second-order valence-electron chi connectivity index (χ2n) is 4.16. The minimum Gasteiger partial charge on any atom is -0.259 e. The van der Waals surface area contributed by atoms with Gasteiger partial charge in [0.15, 0.2) is 0 Å². The van der Waals surface area contributed by atoms with E-state index in [0.717, 1.165) is 17.4 Å². The van der Waals surface area contributed by atoms with Crippen LogP contribution in [0, 0.1) is 6.92 Å². The topological polar surface area (TPSA) is 43.4 Å².